The Kier molecular flexibility index (Phi) is 3.90. The third kappa shape index (κ3) is 2.43. The number of nitrogens with zero attached hydrogens (tertiary/aromatic N) is 1. The van der Waals surface area contributed by atoms with Gasteiger partial charge in [-0.3, -0.25) is 4.90 Å². The van der Waals surface area contributed by atoms with Crippen molar-refractivity contribution in [3.8, 4) is 0 Å². The van der Waals surface area contributed by atoms with Gasteiger partial charge in [-0.15, -0.1) is 0 Å². The normalized spacial score (nSPS) is 26.2. The molecule has 1 aromatic rings. The number of nitrogens with two attached hydrogens (primary N) is 1. The van der Waals surface area contributed by atoms with Crippen molar-refractivity contribution >= 4 is 27.5 Å². The molecule has 1 heterocycles. The first-order valence-electron chi connectivity index (χ1n) is 5.47. The first kappa shape index (κ1) is 12.4. The molecule has 1 aliphatic rings. The van der Waals surface area contributed by atoms with Crippen molar-refractivity contribution in [2.45, 2.75) is 12.5 Å². The lowest BCUT2D eigenvalue weighted by Gasteiger charge is -2.20. The fraction of sp³-hybridized carbons (Fsp3) is 0.500. The smallest absolute Gasteiger partial charge is 0.0465 e. The van der Waals surface area contributed by atoms with Crippen LogP contribution in [0.15, 0.2) is 22.7 Å². The van der Waals surface area contributed by atoms with Crippen molar-refractivity contribution in [2.75, 3.05) is 20.1 Å². The van der Waals surface area contributed by atoms with Crippen molar-refractivity contribution in [1.82, 2.24) is 4.90 Å². The number of hydrogen-bond acceptors (Lipinski definition) is 2. The van der Waals surface area contributed by atoms with E-state index >= 15 is 0 Å². The van der Waals surface area contributed by atoms with Gasteiger partial charge in [-0.25, -0.2) is 0 Å². The molecule has 0 spiro atoms. The zero-order valence-corrected chi connectivity index (χ0v) is 11.6. The zero-order valence-electron chi connectivity index (χ0n) is 9.29. The van der Waals surface area contributed by atoms with Crippen molar-refractivity contribution in [1.29, 1.82) is 0 Å². The van der Waals surface area contributed by atoms with Crippen LogP contribution in [0.1, 0.15) is 18.0 Å². The van der Waals surface area contributed by atoms with E-state index in [4.69, 9.17) is 17.3 Å². The van der Waals surface area contributed by atoms with Gasteiger partial charge in [-0.1, -0.05) is 33.6 Å². The molecule has 4 heteroatoms. The Morgan fingerprint density at radius 1 is 1.56 bits per heavy atom. The second-order valence-electron chi connectivity index (χ2n) is 4.46. The van der Waals surface area contributed by atoms with Crippen LogP contribution in [0.25, 0.3) is 0 Å². The SMILES string of the molecule is CN1CC(CN)CC1c1ccc(Br)cc1Cl. The summed E-state index contributed by atoms with van der Waals surface area (Å²) >= 11 is 9.71. The van der Waals surface area contributed by atoms with Crippen LogP contribution in [-0.4, -0.2) is 25.0 Å². The Morgan fingerprint density at radius 3 is 2.88 bits per heavy atom. The first-order chi connectivity index (χ1) is 7.61. The third-order valence-corrected chi connectivity index (χ3v) is 4.11. The predicted octanol–water partition coefficient (Wildman–Crippen LogP) is 3.05. The fourth-order valence-electron chi connectivity index (χ4n) is 2.41. The van der Waals surface area contributed by atoms with Gasteiger partial charge in [-0.05, 0) is 43.6 Å². The Labute approximate surface area is 110 Å². The highest BCUT2D eigenvalue weighted by Crippen LogP contribution is 2.37. The monoisotopic (exact) mass is 302 g/mol. The summed E-state index contributed by atoms with van der Waals surface area (Å²) in [5, 5.41) is 0.837. The Balaban J connectivity index is 2.24. The topological polar surface area (TPSA) is 29.3 Å². The van der Waals surface area contributed by atoms with E-state index in [1.54, 1.807) is 0 Å². The molecule has 2 atom stereocenters. The number of halogens is 2. The lowest BCUT2D eigenvalue weighted by Crippen LogP contribution is -2.20. The number of rotatable bonds is 2. The molecule has 2 nitrogen and oxygen atoms in total. The third-order valence-electron chi connectivity index (χ3n) is 3.29. The van der Waals surface area contributed by atoms with E-state index in [1.165, 1.54) is 5.56 Å². The molecule has 2 unspecified atom stereocenters. The summed E-state index contributed by atoms with van der Waals surface area (Å²) in [6.07, 6.45) is 1.11. The Morgan fingerprint density at radius 2 is 2.31 bits per heavy atom. The molecule has 0 bridgehead atoms. The molecule has 0 aromatic heterocycles. The van der Waals surface area contributed by atoms with Crippen LogP contribution in [-0.2, 0) is 0 Å². The summed E-state index contributed by atoms with van der Waals surface area (Å²) in [6, 6.07) is 6.52. The number of benzene rings is 1. The molecule has 0 radical (unpaired) electrons. The standard InChI is InChI=1S/C12H16BrClN2/c1-16-7-8(6-15)4-12(16)10-3-2-9(13)5-11(10)14/h2-3,5,8,12H,4,6-7,15H2,1H3. The van der Waals surface area contributed by atoms with E-state index < -0.39 is 0 Å². The maximum absolute atomic E-state index is 6.28. The molecule has 2 N–H and O–H groups in total. The molecule has 1 saturated heterocycles. The summed E-state index contributed by atoms with van der Waals surface area (Å²) in [7, 11) is 2.14. The molecule has 1 aromatic carbocycles. The summed E-state index contributed by atoms with van der Waals surface area (Å²) in [5.41, 5.74) is 6.94. The molecular weight excluding hydrogens is 288 g/mol. The summed E-state index contributed by atoms with van der Waals surface area (Å²) < 4.78 is 1.03. The van der Waals surface area contributed by atoms with Crippen LogP contribution in [0.5, 0.6) is 0 Å². The maximum Gasteiger partial charge on any atom is 0.0465 e. The highest BCUT2D eigenvalue weighted by Gasteiger charge is 2.30. The molecule has 88 valence electrons. The summed E-state index contributed by atoms with van der Waals surface area (Å²) in [4.78, 5) is 2.34. The number of likely N-dealkylation sites (tertiary alicyclic amines) is 1. The lowest BCUT2D eigenvalue weighted by molar-refractivity contribution is 0.314. The van der Waals surface area contributed by atoms with E-state index in [0.717, 1.165) is 29.0 Å². The van der Waals surface area contributed by atoms with Gasteiger partial charge in [0.25, 0.3) is 0 Å². The van der Waals surface area contributed by atoms with Gasteiger partial charge < -0.3 is 5.73 Å². The van der Waals surface area contributed by atoms with Gasteiger partial charge in [0.2, 0.25) is 0 Å². The molecule has 1 fully saturated rings. The van der Waals surface area contributed by atoms with E-state index in [1.807, 2.05) is 12.1 Å². The van der Waals surface area contributed by atoms with Crippen LogP contribution in [0.2, 0.25) is 5.02 Å². The van der Waals surface area contributed by atoms with E-state index in [2.05, 4.69) is 33.9 Å². The minimum absolute atomic E-state index is 0.411. The summed E-state index contributed by atoms with van der Waals surface area (Å²) in [6.45, 7) is 1.82. The van der Waals surface area contributed by atoms with Gasteiger partial charge in [0.05, 0.1) is 0 Å². The Hall–Kier alpha value is -0.0900. The van der Waals surface area contributed by atoms with Crippen molar-refractivity contribution < 1.29 is 0 Å². The summed E-state index contributed by atoms with van der Waals surface area (Å²) in [5.74, 6) is 0.592. The molecule has 0 saturated carbocycles. The zero-order chi connectivity index (χ0) is 11.7. The van der Waals surface area contributed by atoms with Gasteiger partial charge in [-0.2, -0.15) is 0 Å². The van der Waals surface area contributed by atoms with E-state index in [-0.39, 0.29) is 0 Å². The average molecular weight is 304 g/mol. The molecular formula is C12H16BrClN2. The molecule has 2 rings (SSSR count). The lowest BCUT2D eigenvalue weighted by atomic mass is 10.00. The second kappa shape index (κ2) is 5.05. The van der Waals surface area contributed by atoms with Gasteiger partial charge in [0.1, 0.15) is 0 Å². The van der Waals surface area contributed by atoms with Gasteiger partial charge >= 0.3 is 0 Å². The molecule has 16 heavy (non-hydrogen) atoms. The average Bonchev–Trinajstić information content (AvgIpc) is 2.60. The minimum atomic E-state index is 0.411. The molecule has 0 aliphatic carbocycles. The molecule has 0 amide bonds. The van der Waals surface area contributed by atoms with E-state index in [0.29, 0.717) is 12.0 Å². The highest BCUT2D eigenvalue weighted by molar-refractivity contribution is 9.10. The van der Waals surface area contributed by atoms with Crippen LogP contribution < -0.4 is 5.73 Å². The van der Waals surface area contributed by atoms with Crippen LogP contribution in [0.3, 0.4) is 0 Å². The molecule has 1 aliphatic heterocycles. The van der Waals surface area contributed by atoms with Crippen molar-refractivity contribution in [2.24, 2.45) is 11.7 Å². The van der Waals surface area contributed by atoms with Crippen LogP contribution in [0, 0.1) is 5.92 Å². The highest BCUT2D eigenvalue weighted by atomic mass is 79.9. The van der Waals surface area contributed by atoms with Crippen LogP contribution in [0.4, 0.5) is 0 Å². The number of hydrogen-bond donors (Lipinski definition) is 1. The predicted molar refractivity (Wildman–Crippen MR) is 71.7 cm³/mol. The van der Waals surface area contributed by atoms with Crippen molar-refractivity contribution in [3.05, 3.63) is 33.3 Å². The van der Waals surface area contributed by atoms with Gasteiger partial charge in [0.15, 0.2) is 0 Å². The quantitative estimate of drug-likeness (QED) is 0.910. The van der Waals surface area contributed by atoms with E-state index in [9.17, 15) is 0 Å². The minimum Gasteiger partial charge on any atom is -0.330 e. The largest absolute Gasteiger partial charge is 0.330 e. The second-order valence-corrected chi connectivity index (χ2v) is 5.78. The van der Waals surface area contributed by atoms with Gasteiger partial charge in [0, 0.05) is 22.1 Å². The fourth-order valence-corrected chi connectivity index (χ4v) is 3.21. The maximum atomic E-state index is 6.28. The van der Waals surface area contributed by atoms with Crippen LogP contribution >= 0.6 is 27.5 Å². The first-order valence-corrected chi connectivity index (χ1v) is 6.64. The van der Waals surface area contributed by atoms with Crippen molar-refractivity contribution in [3.63, 3.8) is 0 Å². The Bertz CT molecular complexity index is 383.